The lowest BCUT2D eigenvalue weighted by Gasteiger charge is -2.27. The lowest BCUT2D eigenvalue weighted by atomic mass is 10.1. The van der Waals surface area contributed by atoms with Crippen LogP contribution in [0.25, 0.3) is 0 Å². The van der Waals surface area contributed by atoms with Gasteiger partial charge in [-0.1, -0.05) is 0 Å². The van der Waals surface area contributed by atoms with Crippen LogP contribution in [0.3, 0.4) is 0 Å². The Morgan fingerprint density at radius 2 is 1.84 bits per heavy atom. The highest BCUT2D eigenvalue weighted by Gasteiger charge is 2.25. The average molecular weight is 361 g/mol. The topological polar surface area (TPSA) is 61.4 Å². The van der Waals surface area contributed by atoms with Crippen LogP contribution in [-0.4, -0.2) is 36.3 Å². The molecule has 0 bridgehead atoms. The molecule has 2 N–H and O–H groups in total. The van der Waals surface area contributed by atoms with Crippen LogP contribution in [0, 0.1) is 5.82 Å². The number of halogens is 1. The first-order valence-corrected chi connectivity index (χ1v) is 9.18. The van der Waals surface area contributed by atoms with Crippen LogP contribution >= 0.6 is 11.3 Å². The van der Waals surface area contributed by atoms with Crippen molar-refractivity contribution >= 4 is 28.8 Å². The molecule has 25 heavy (non-hydrogen) atoms. The standard InChI is InChI=1S/C18H20FN3O2S/c19-14-3-5-15(6-4-14)21-18(24)17(23)20-11-16(13-7-10-25-12-13)22-8-1-2-9-22/h3-7,10,12,16H,1-2,8-9,11H2,(H,20,23)(H,21,24)/t16-/m0/s1. The number of hydrogen-bond donors (Lipinski definition) is 2. The van der Waals surface area contributed by atoms with E-state index in [-0.39, 0.29) is 6.04 Å². The molecule has 1 aliphatic rings. The van der Waals surface area contributed by atoms with Crippen LogP contribution in [0.5, 0.6) is 0 Å². The van der Waals surface area contributed by atoms with E-state index >= 15 is 0 Å². The molecular formula is C18H20FN3O2S. The summed E-state index contributed by atoms with van der Waals surface area (Å²) in [7, 11) is 0. The van der Waals surface area contributed by atoms with Gasteiger partial charge in [0.15, 0.2) is 0 Å². The third-order valence-electron chi connectivity index (χ3n) is 4.27. The number of carbonyl (C=O) groups is 2. The van der Waals surface area contributed by atoms with E-state index in [0.29, 0.717) is 12.2 Å². The van der Waals surface area contributed by atoms with Crippen molar-refractivity contribution in [3.8, 4) is 0 Å². The molecule has 1 aromatic heterocycles. The summed E-state index contributed by atoms with van der Waals surface area (Å²) in [6, 6.07) is 7.42. The van der Waals surface area contributed by atoms with Crippen LogP contribution in [0.2, 0.25) is 0 Å². The van der Waals surface area contributed by atoms with Gasteiger partial charge in [0.25, 0.3) is 0 Å². The fourth-order valence-corrected chi connectivity index (χ4v) is 3.67. The summed E-state index contributed by atoms with van der Waals surface area (Å²) in [5.74, 6) is -1.84. The molecule has 0 radical (unpaired) electrons. The fraction of sp³-hybridized carbons (Fsp3) is 0.333. The Morgan fingerprint density at radius 1 is 1.12 bits per heavy atom. The van der Waals surface area contributed by atoms with Gasteiger partial charge in [-0.15, -0.1) is 0 Å². The molecule has 0 aliphatic carbocycles. The summed E-state index contributed by atoms with van der Waals surface area (Å²) in [5, 5.41) is 9.28. The minimum Gasteiger partial charge on any atom is -0.346 e. The molecule has 1 atom stereocenters. The second-order valence-corrected chi connectivity index (χ2v) is 6.77. The van der Waals surface area contributed by atoms with E-state index in [0.717, 1.165) is 31.5 Å². The van der Waals surface area contributed by atoms with E-state index in [9.17, 15) is 14.0 Å². The number of hydrogen-bond acceptors (Lipinski definition) is 4. The van der Waals surface area contributed by atoms with Crippen molar-refractivity contribution < 1.29 is 14.0 Å². The molecule has 2 heterocycles. The molecule has 5 nitrogen and oxygen atoms in total. The lowest BCUT2D eigenvalue weighted by Crippen LogP contribution is -2.41. The number of likely N-dealkylation sites (tertiary alicyclic amines) is 1. The summed E-state index contributed by atoms with van der Waals surface area (Å²) in [4.78, 5) is 26.4. The Kier molecular flexibility index (Phi) is 5.78. The van der Waals surface area contributed by atoms with Gasteiger partial charge in [-0.2, -0.15) is 11.3 Å². The molecule has 1 aromatic carbocycles. The SMILES string of the molecule is O=C(NC[C@@H](c1ccsc1)N1CCCC1)C(=O)Nc1ccc(F)cc1. The monoisotopic (exact) mass is 361 g/mol. The number of anilines is 1. The van der Waals surface area contributed by atoms with Crippen molar-refractivity contribution in [2.45, 2.75) is 18.9 Å². The average Bonchev–Trinajstić information content (AvgIpc) is 3.31. The van der Waals surface area contributed by atoms with Crippen molar-refractivity contribution in [3.05, 3.63) is 52.5 Å². The molecular weight excluding hydrogens is 341 g/mol. The number of nitrogens with zero attached hydrogens (tertiary/aromatic N) is 1. The van der Waals surface area contributed by atoms with Crippen molar-refractivity contribution in [3.63, 3.8) is 0 Å². The first kappa shape index (κ1) is 17.6. The Balaban J connectivity index is 1.57. The quantitative estimate of drug-likeness (QED) is 0.805. The molecule has 0 unspecified atom stereocenters. The van der Waals surface area contributed by atoms with Gasteiger partial charge in [0.1, 0.15) is 5.82 Å². The van der Waals surface area contributed by atoms with Crippen molar-refractivity contribution in [1.29, 1.82) is 0 Å². The maximum absolute atomic E-state index is 12.9. The maximum Gasteiger partial charge on any atom is 0.313 e. The minimum atomic E-state index is -0.753. The molecule has 2 amide bonds. The summed E-state index contributed by atoms with van der Waals surface area (Å²) >= 11 is 1.62. The molecule has 3 rings (SSSR count). The molecule has 0 spiro atoms. The van der Waals surface area contributed by atoms with E-state index in [1.165, 1.54) is 24.3 Å². The Bertz CT molecular complexity index is 712. The zero-order valence-electron chi connectivity index (χ0n) is 13.7. The van der Waals surface area contributed by atoms with E-state index in [1.54, 1.807) is 11.3 Å². The highest BCUT2D eigenvalue weighted by Crippen LogP contribution is 2.26. The number of benzene rings is 1. The minimum absolute atomic E-state index is 0.0799. The largest absolute Gasteiger partial charge is 0.346 e. The summed E-state index contributed by atoms with van der Waals surface area (Å²) in [6.45, 7) is 2.38. The molecule has 1 fully saturated rings. The van der Waals surface area contributed by atoms with Crippen LogP contribution < -0.4 is 10.6 Å². The van der Waals surface area contributed by atoms with Gasteiger partial charge < -0.3 is 10.6 Å². The molecule has 1 aliphatic heterocycles. The van der Waals surface area contributed by atoms with Crippen LogP contribution in [0.1, 0.15) is 24.4 Å². The van der Waals surface area contributed by atoms with Gasteiger partial charge in [-0.25, -0.2) is 4.39 Å². The zero-order chi connectivity index (χ0) is 17.6. The molecule has 0 saturated carbocycles. The van der Waals surface area contributed by atoms with Crippen LogP contribution in [-0.2, 0) is 9.59 Å². The highest BCUT2D eigenvalue weighted by atomic mass is 32.1. The van der Waals surface area contributed by atoms with Crippen molar-refractivity contribution in [2.24, 2.45) is 0 Å². The third kappa shape index (κ3) is 4.64. The zero-order valence-corrected chi connectivity index (χ0v) is 14.5. The Labute approximate surface area is 149 Å². The Hall–Kier alpha value is -2.25. The first-order valence-electron chi connectivity index (χ1n) is 8.24. The van der Waals surface area contributed by atoms with E-state index in [2.05, 4.69) is 27.0 Å². The van der Waals surface area contributed by atoms with Crippen LogP contribution in [0.15, 0.2) is 41.1 Å². The third-order valence-corrected chi connectivity index (χ3v) is 4.98. The molecule has 7 heteroatoms. The number of amides is 2. The fourth-order valence-electron chi connectivity index (χ4n) is 2.97. The maximum atomic E-state index is 12.9. The van der Waals surface area contributed by atoms with E-state index in [4.69, 9.17) is 0 Å². The summed E-state index contributed by atoms with van der Waals surface area (Å²) < 4.78 is 12.9. The Morgan fingerprint density at radius 3 is 2.48 bits per heavy atom. The van der Waals surface area contributed by atoms with E-state index in [1.807, 2.05) is 5.38 Å². The van der Waals surface area contributed by atoms with Crippen molar-refractivity contribution in [1.82, 2.24) is 10.2 Å². The smallest absolute Gasteiger partial charge is 0.313 e. The molecule has 132 valence electrons. The van der Waals surface area contributed by atoms with E-state index < -0.39 is 17.6 Å². The second-order valence-electron chi connectivity index (χ2n) is 5.99. The first-order chi connectivity index (χ1) is 12.1. The number of thiophene rings is 1. The summed E-state index contributed by atoms with van der Waals surface area (Å²) in [6.07, 6.45) is 2.30. The predicted molar refractivity (Wildman–Crippen MR) is 95.9 cm³/mol. The normalized spacial score (nSPS) is 15.7. The van der Waals surface area contributed by atoms with Gasteiger partial charge in [0.2, 0.25) is 0 Å². The van der Waals surface area contributed by atoms with Gasteiger partial charge >= 0.3 is 11.8 Å². The van der Waals surface area contributed by atoms with Gasteiger partial charge in [-0.3, -0.25) is 14.5 Å². The van der Waals surface area contributed by atoms with Crippen molar-refractivity contribution in [2.75, 3.05) is 25.0 Å². The number of rotatable bonds is 5. The molecule has 2 aromatic rings. The highest BCUT2D eigenvalue weighted by molar-refractivity contribution is 7.08. The second kappa shape index (κ2) is 8.22. The van der Waals surface area contributed by atoms with Gasteiger partial charge in [0.05, 0.1) is 6.04 Å². The van der Waals surface area contributed by atoms with Gasteiger partial charge in [-0.05, 0) is 72.6 Å². The lowest BCUT2D eigenvalue weighted by molar-refractivity contribution is -0.136. The van der Waals surface area contributed by atoms with Crippen LogP contribution in [0.4, 0.5) is 10.1 Å². The molecule has 1 saturated heterocycles. The predicted octanol–water partition coefficient (Wildman–Crippen LogP) is 2.78. The summed E-state index contributed by atoms with van der Waals surface area (Å²) in [5.41, 5.74) is 1.54. The number of nitrogens with one attached hydrogen (secondary N) is 2. The number of carbonyl (C=O) groups excluding carboxylic acids is 2. The van der Waals surface area contributed by atoms with Gasteiger partial charge in [0, 0.05) is 12.2 Å².